The number of rotatable bonds is 3. The number of carbonyl (C=O) groups is 1. The second kappa shape index (κ2) is 6.69. The summed E-state index contributed by atoms with van der Waals surface area (Å²) in [6.07, 6.45) is 2.41. The highest BCUT2D eigenvalue weighted by Gasteiger charge is 2.28. The Morgan fingerprint density at radius 3 is 2.52 bits per heavy atom. The van der Waals surface area contributed by atoms with Crippen molar-refractivity contribution in [2.24, 2.45) is 0 Å². The van der Waals surface area contributed by atoms with E-state index >= 15 is 0 Å². The third kappa shape index (κ3) is 4.78. The summed E-state index contributed by atoms with van der Waals surface area (Å²) < 4.78 is 5.30. The molecule has 1 aromatic carbocycles. The van der Waals surface area contributed by atoms with Crippen LogP contribution in [0.3, 0.4) is 0 Å². The summed E-state index contributed by atoms with van der Waals surface area (Å²) in [5, 5.41) is 16.4. The number of ether oxygens (including phenoxy) is 1. The van der Waals surface area contributed by atoms with E-state index in [2.05, 4.69) is 10.6 Å². The van der Waals surface area contributed by atoms with Gasteiger partial charge in [0.2, 0.25) is 0 Å². The average Bonchev–Trinajstić information content (AvgIpc) is 2.84. The van der Waals surface area contributed by atoms with E-state index in [1.165, 1.54) is 0 Å². The maximum absolute atomic E-state index is 11.8. The zero-order chi connectivity index (χ0) is 17.2. The lowest BCUT2D eigenvalue weighted by Crippen LogP contribution is -2.38. The predicted molar refractivity (Wildman–Crippen MR) is 92.0 cm³/mol. The molecule has 128 valence electrons. The number of alkyl carbamates (subject to hydrolysis) is 1. The molecule has 0 spiro atoms. The third-order valence-electron chi connectivity index (χ3n) is 4.15. The molecule has 1 fully saturated rings. The minimum absolute atomic E-state index is 0.127. The van der Waals surface area contributed by atoms with Crippen molar-refractivity contribution in [2.45, 2.75) is 71.6 Å². The molecule has 1 amide bonds. The van der Waals surface area contributed by atoms with Crippen molar-refractivity contribution >= 4 is 11.8 Å². The van der Waals surface area contributed by atoms with Crippen LogP contribution < -0.4 is 10.6 Å². The first-order valence-corrected chi connectivity index (χ1v) is 8.21. The van der Waals surface area contributed by atoms with Gasteiger partial charge in [0, 0.05) is 23.3 Å². The molecule has 1 aliphatic rings. The van der Waals surface area contributed by atoms with Crippen LogP contribution in [-0.4, -0.2) is 28.9 Å². The summed E-state index contributed by atoms with van der Waals surface area (Å²) >= 11 is 0. The van der Waals surface area contributed by atoms with Crippen LogP contribution in [0.1, 0.15) is 51.2 Å². The number of amides is 1. The molecule has 5 heteroatoms. The lowest BCUT2D eigenvalue weighted by molar-refractivity contribution is 0.0505. The van der Waals surface area contributed by atoms with Crippen molar-refractivity contribution < 1.29 is 14.6 Å². The maximum Gasteiger partial charge on any atom is 0.407 e. The highest BCUT2D eigenvalue weighted by molar-refractivity contribution is 5.68. The number of phenols is 1. The molecular formula is C18H28N2O3. The van der Waals surface area contributed by atoms with Crippen LogP contribution in [0.5, 0.6) is 5.75 Å². The van der Waals surface area contributed by atoms with Gasteiger partial charge in [0.05, 0.1) is 0 Å². The Morgan fingerprint density at radius 1 is 1.22 bits per heavy atom. The monoisotopic (exact) mass is 320 g/mol. The number of hydrogen-bond acceptors (Lipinski definition) is 4. The van der Waals surface area contributed by atoms with Crippen molar-refractivity contribution in [3.8, 4) is 5.75 Å². The van der Waals surface area contributed by atoms with E-state index in [1.54, 1.807) is 0 Å². The summed E-state index contributed by atoms with van der Waals surface area (Å²) in [6.45, 7) is 9.38. The molecule has 0 aromatic heterocycles. The maximum atomic E-state index is 11.8. The SMILES string of the molecule is Cc1ccc(NC2CCC(NC(=O)OC(C)(C)C)C2)c(C)c1O. The van der Waals surface area contributed by atoms with Crippen LogP contribution in [0.4, 0.5) is 10.5 Å². The topological polar surface area (TPSA) is 70.6 Å². The van der Waals surface area contributed by atoms with Gasteiger partial charge in [0.25, 0.3) is 0 Å². The number of phenolic OH excluding ortho intramolecular Hbond substituents is 1. The zero-order valence-corrected chi connectivity index (χ0v) is 14.7. The number of aryl methyl sites for hydroxylation is 1. The molecule has 0 heterocycles. The fourth-order valence-electron chi connectivity index (χ4n) is 2.93. The van der Waals surface area contributed by atoms with Crippen molar-refractivity contribution in [3.05, 3.63) is 23.3 Å². The van der Waals surface area contributed by atoms with E-state index in [9.17, 15) is 9.90 Å². The number of carbonyl (C=O) groups excluding carboxylic acids is 1. The van der Waals surface area contributed by atoms with Gasteiger partial charge < -0.3 is 20.5 Å². The van der Waals surface area contributed by atoms with Crippen LogP contribution in [0.2, 0.25) is 0 Å². The third-order valence-corrected chi connectivity index (χ3v) is 4.15. The van der Waals surface area contributed by atoms with Crippen molar-refractivity contribution in [2.75, 3.05) is 5.32 Å². The Labute approximate surface area is 138 Å². The van der Waals surface area contributed by atoms with Gasteiger partial charge in [0.15, 0.2) is 0 Å². The number of benzene rings is 1. The minimum Gasteiger partial charge on any atom is -0.507 e. The summed E-state index contributed by atoms with van der Waals surface area (Å²) in [7, 11) is 0. The molecule has 0 bridgehead atoms. The van der Waals surface area contributed by atoms with Crippen LogP contribution in [0.15, 0.2) is 12.1 Å². The molecule has 2 atom stereocenters. The number of aromatic hydroxyl groups is 1. The van der Waals surface area contributed by atoms with E-state index in [0.29, 0.717) is 5.75 Å². The summed E-state index contributed by atoms with van der Waals surface area (Å²) in [5.41, 5.74) is 2.23. The fraction of sp³-hybridized carbons (Fsp3) is 0.611. The Morgan fingerprint density at radius 2 is 1.87 bits per heavy atom. The molecule has 2 unspecified atom stereocenters. The summed E-state index contributed by atoms with van der Waals surface area (Å²) in [4.78, 5) is 11.8. The zero-order valence-electron chi connectivity index (χ0n) is 14.7. The lowest BCUT2D eigenvalue weighted by atomic mass is 10.1. The average molecular weight is 320 g/mol. The molecule has 23 heavy (non-hydrogen) atoms. The first-order valence-electron chi connectivity index (χ1n) is 8.21. The Bertz CT molecular complexity index is 578. The molecule has 2 rings (SSSR count). The van der Waals surface area contributed by atoms with E-state index in [0.717, 1.165) is 36.1 Å². The molecule has 0 radical (unpaired) electrons. The molecule has 0 aliphatic heterocycles. The van der Waals surface area contributed by atoms with Crippen molar-refractivity contribution in [3.63, 3.8) is 0 Å². The second-order valence-electron chi connectivity index (χ2n) is 7.40. The number of anilines is 1. The largest absolute Gasteiger partial charge is 0.507 e. The van der Waals surface area contributed by atoms with Gasteiger partial charge in [-0.25, -0.2) is 4.79 Å². The van der Waals surface area contributed by atoms with E-state index in [1.807, 2.05) is 46.8 Å². The van der Waals surface area contributed by atoms with Gasteiger partial charge in [-0.3, -0.25) is 0 Å². The predicted octanol–water partition coefficient (Wildman–Crippen LogP) is 3.87. The smallest absolute Gasteiger partial charge is 0.407 e. The van der Waals surface area contributed by atoms with Gasteiger partial charge in [0.1, 0.15) is 11.4 Å². The lowest BCUT2D eigenvalue weighted by Gasteiger charge is -2.22. The quantitative estimate of drug-likeness (QED) is 0.791. The Hall–Kier alpha value is -1.91. The Balaban J connectivity index is 1.89. The van der Waals surface area contributed by atoms with E-state index in [4.69, 9.17) is 4.74 Å². The van der Waals surface area contributed by atoms with Gasteiger partial charge in [-0.15, -0.1) is 0 Å². The normalized spacial score (nSPS) is 21.1. The summed E-state index contributed by atoms with van der Waals surface area (Å²) in [5.74, 6) is 0.344. The molecular weight excluding hydrogens is 292 g/mol. The Kier molecular flexibility index (Phi) is 5.07. The molecule has 1 aromatic rings. The standard InChI is InChI=1S/C18H28N2O3/c1-11-6-9-15(12(2)16(11)21)19-13-7-8-14(10-13)20-17(22)23-18(3,4)5/h6,9,13-14,19,21H,7-8,10H2,1-5H3,(H,20,22). The van der Waals surface area contributed by atoms with E-state index < -0.39 is 5.60 Å². The molecule has 1 saturated carbocycles. The second-order valence-corrected chi connectivity index (χ2v) is 7.40. The van der Waals surface area contributed by atoms with Crippen molar-refractivity contribution in [1.29, 1.82) is 0 Å². The highest BCUT2D eigenvalue weighted by atomic mass is 16.6. The van der Waals surface area contributed by atoms with Gasteiger partial charge in [-0.05, 0) is 65.5 Å². The van der Waals surface area contributed by atoms with Gasteiger partial charge >= 0.3 is 6.09 Å². The molecule has 3 N–H and O–H groups in total. The van der Waals surface area contributed by atoms with Crippen LogP contribution >= 0.6 is 0 Å². The molecule has 0 saturated heterocycles. The first kappa shape index (κ1) is 17.4. The van der Waals surface area contributed by atoms with Crippen LogP contribution in [0.25, 0.3) is 0 Å². The van der Waals surface area contributed by atoms with Crippen LogP contribution in [0, 0.1) is 13.8 Å². The first-order chi connectivity index (χ1) is 10.7. The van der Waals surface area contributed by atoms with Gasteiger partial charge in [-0.2, -0.15) is 0 Å². The van der Waals surface area contributed by atoms with Crippen molar-refractivity contribution in [1.82, 2.24) is 5.32 Å². The molecule has 1 aliphatic carbocycles. The number of nitrogens with one attached hydrogen (secondary N) is 2. The number of hydrogen-bond donors (Lipinski definition) is 3. The fourth-order valence-corrected chi connectivity index (χ4v) is 2.93. The van der Waals surface area contributed by atoms with Gasteiger partial charge in [-0.1, -0.05) is 6.07 Å². The van der Waals surface area contributed by atoms with E-state index in [-0.39, 0.29) is 18.2 Å². The minimum atomic E-state index is -0.475. The molecule has 5 nitrogen and oxygen atoms in total. The van der Waals surface area contributed by atoms with Crippen LogP contribution in [-0.2, 0) is 4.74 Å². The highest BCUT2D eigenvalue weighted by Crippen LogP contribution is 2.31. The summed E-state index contributed by atoms with van der Waals surface area (Å²) in [6, 6.07) is 4.33.